The van der Waals surface area contributed by atoms with E-state index < -0.39 is 0 Å². The zero-order valence-corrected chi connectivity index (χ0v) is 16.8. The second kappa shape index (κ2) is 10.7. The number of carbonyl (C=O) groups is 1. The lowest BCUT2D eigenvalue weighted by Crippen LogP contribution is -2.38. The highest BCUT2D eigenvalue weighted by atomic mass is 16.2. The molecule has 1 aliphatic rings. The first-order chi connectivity index (χ1) is 13.8. The molecule has 152 valence electrons. The van der Waals surface area contributed by atoms with Crippen LogP contribution in [0.2, 0.25) is 0 Å². The molecule has 1 aromatic heterocycles. The van der Waals surface area contributed by atoms with Crippen LogP contribution in [0.1, 0.15) is 44.9 Å². The Morgan fingerprint density at radius 1 is 1.25 bits per heavy atom. The fourth-order valence-electron chi connectivity index (χ4n) is 3.49. The first-order valence-corrected chi connectivity index (χ1v) is 10.5. The lowest BCUT2D eigenvalue weighted by molar-refractivity contribution is -0.130. The van der Waals surface area contributed by atoms with Crippen LogP contribution in [0, 0.1) is 0 Å². The number of amides is 1. The summed E-state index contributed by atoms with van der Waals surface area (Å²) in [5, 5.41) is 6.65. The Balaban J connectivity index is 1.42. The molecule has 1 fully saturated rings. The minimum absolute atomic E-state index is 0.303. The maximum atomic E-state index is 12.0. The third kappa shape index (κ3) is 5.97. The smallest absolute Gasteiger partial charge is 0.222 e. The highest BCUT2D eigenvalue weighted by Crippen LogP contribution is 2.11. The Bertz CT molecular complexity index is 751. The van der Waals surface area contributed by atoms with Gasteiger partial charge in [-0.1, -0.05) is 18.6 Å². The molecule has 1 aliphatic heterocycles. The van der Waals surface area contributed by atoms with Crippen LogP contribution in [0.4, 0.5) is 0 Å². The van der Waals surface area contributed by atoms with E-state index in [2.05, 4.69) is 32.5 Å². The van der Waals surface area contributed by atoms with Gasteiger partial charge in [-0.05, 0) is 38.3 Å². The molecule has 7 heteroatoms. The van der Waals surface area contributed by atoms with E-state index in [4.69, 9.17) is 0 Å². The van der Waals surface area contributed by atoms with Crippen molar-refractivity contribution in [1.29, 1.82) is 0 Å². The van der Waals surface area contributed by atoms with Gasteiger partial charge in [-0.15, -0.1) is 0 Å². The number of likely N-dealkylation sites (tertiary alicyclic amines) is 1. The monoisotopic (exact) mass is 384 g/mol. The van der Waals surface area contributed by atoms with Crippen LogP contribution in [-0.2, 0) is 11.2 Å². The Hall–Kier alpha value is -2.57. The number of guanidine groups is 1. The number of aromatic amines is 1. The molecule has 3 rings (SSSR count). The van der Waals surface area contributed by atoms with Crippen LogP contribution < -0.4 is 10.6 Å². The Kier molecular flexibility index (Phi) is 7.70. The fourth-order valence-corrected chi connectivity index (χ4v) is 3.49. The molecule has 0 atom stereocenters. The lowest BCUT2D eigenvalue weighted by Gasteiger charge is -2.20. The van der Waals surface area contributed by atoms with E-state index in [1.807, 2.05) is 29.2 Å². The number of imidazole rings is 1. The van der Waals surface area contributed by atoms with Gasteiger partial charge in [0.25, 0.3) is 0 Å². The van der Waals surface area contributed by atoms with Crippen LogP contribution in [0.3, 0.4) is 0 Å². The Morgan fingerprint density at radius 2 is 2.14 bits per heavy atom. The predicted octanol–water partition coefficient (Wildman–Crippen LogP) is 2.45. The number of nitrogens with one attached hydrogen (secondary N) is 3. The second-order valence-corrected chi connectivity index (χ2v) is 7.18. The van der Waals surface area contributed by atoms with E-state index in [1.165, 1.54) is 6.42 Å². The fraction of sp³-hybridized carbons (Fsp3) is 0.571. The van der Waals surface area contributed by atoms with Crippen molar-refractivity contribution in [3.63, 3.8) is 0 Å². The van der Waals surface area contributed by atoms with Crippen molar-refractivity contribution in [2.75, 3.05) is 32.7 Å². The van der Waals surface area contributed by atoms with Gasteiger partial charge in [-0.25, -0.2) is 4.98 Å². The van der Waals surface area contributed by atoms with E-state index in [0.29, 0.717) is 18.9 Å². The maximum Gasteiger partial charge on any atom is 0.222 e. The number of H-pyrrole nitrogens is 1. The zero-order chi connectivity index (χ0) is 19.6. The van der Waals surface area contributed by atoms with Crippen molar-refractivity contribution < 1.29 is 4.79 Å². The zero-order valence-electron chi connectivity index (χ0n) is 16.8. The molecule has 1 saturated heterocycles. The molecule has 0 aliphatic carbocycles. The van der Waals surface area contributed by atoms with Crippen LogP contribution in [0.5, 0.6) is 0 Å². The summed E-state index contributed by atoms with van der Waals surface area (Å²) >= 11 is 0. The maximum absolute atomic E-state index is 12.0. The molecule has 0 saturated carbocycles. The first kappa shape index (κ1) is 20.2. The number of rotatable bonds is 8. The minimum Gasteiger partial charge on any atom is -0.357 e. The number of nitrogens with zero attached hydrogens (tertiary/aromatic N) is 3. The number of aromatic nitrogens is 2. The Morgan fingerprint density at radius 3 is 3.00 bits per heavy atom. The lowest BCUT2D eigenvalue weighted by atomic mass is 10.2. The van der Waals surface area contributed by atoms with E-state index >= 15 is 0 Å². The summed E-state index contributed by atoms with van der Waals surface area (Å²) < 4.78 is 0. The summed E-state index contributed by atoms with van der Waals surface area (Å²) in [7, 11) is 0. The average molecular weight is 385 g/mol. The van der Waals surface area contributed by atoms with Gasteiger partial charge in [0.05, 0.1) is 11.0 Å². The van der Waals surface area contributed by atoms with Gasteiger partial charge in [0.2, 0.25) is 5.91 Å². The number of fused-ring (bicyclic) bond motifs is 1. The van der Waals surface area contributed by atoms with Crippen molar-refractivity contribution in [1.82, 2.24) is 25.5 Å². The van der Waals surface area contributed by atoms with E-state index in [9.17, 15) is 4.79 Å². The third-order valence-corrected chi connectivity index (χ3v) is 4.96. The summed E-state index contributed by atoms with van der Waals surface area (Å²) in [6.45, 7) is 6.06. The molecule has 2 aromatic rings. The molecule has 3 N–H and O–H groups in total. The molecule has 0 unspecified atom stereocenters. The molecule has 2 heterocycles. The van der Waals surface area contributed by atoms with Crippen LogP contribution >= 0.6 is 0 Å². The summed E-state index contributed by atoms with van der Waals surface area (Å²) in [5.41, 5.74) is 2.07. The molecule has 1 aromatic carbocycles. The van der Waals surface area contributed by atoms with Crippen molar-refractivity contribution in [3.05, 3.63) is 30.1 Å². The van der Waals surface area contributed by atoms with Gasteiger partial charge >= 0.3 is 0 Å². The number of carbonyl (C=O) groups excluding carboxylic acids is 1. The van der Waals surface area contributed by atoms with Crippen LogP contribution in [0.25, 0.3) is 11.0 Å². The number of hydrogen-bond donors (Lipinski definition) is 3. The SMILES string of the molecule is CCNC(=NCCCN1CCCCCC1=O)NCCc1nc2ccccc2[nH]1. The largest absolute Gasteiger partial charge is 0.357 e. The van der Waals surface area contributed by atoms with Gasteiger partial charge in [0, 0.05) is 45.6 Å². The molecule has 1 amide bonds. The molecular formula is C21H32N6O. The molecule has 7 nitrogen and oxygen atoms in total. The Labute approximate surface area is 167 Å². The van der Waals surface area contributed by atoms with Gasteiger partial charge < -0.3 is 20.5 Å². The average Bonchev–Trinajstić information content (AvgIpc) is 3.00. The molecular weight excluding hydrogens is 352 g/mol. The van der Waals surface area contributed by atoms with Crippen LogP contribution in [-0.4, -0.2) is 59.5 Å². The highest BCUT2D eigenvalue weighted by molar-refractivity contribution is 5.80. The van der Waals surface area contributed by atoms with E-state index in [1.54, 1.807) is 0 Å². The number of para-hydroxylation sites is 2. The van der Waals surface area contributed by atoms with Gasteiger partial charge in [0.1, 0.15) is 5.82 Å². The molecule has 0 bridgehead atoms. The van der Waals surface area contributed by atoms with E-state index in [0.717, 1.165) is 74.7 Å². The molecule has 28 heavy (non-hydrogen) atoms. The molecule has 0 radical (unpaired) electrons. The van der Waals surface area contributed by atoms with Gasteiger partial charge in [-0.2, -0.15) is 0 Å². The highest BCUT2D eigenvalue weighted by Gasteiger charge is 2.15. The topological polar surface area (TPSA) is 85.4 Å². The minimum atomic E-state index is 0.303. The molecule has 0 spiro atoms. The standard InChI is InChI=1S/C21H32N6O/c1-2-22-21(23-13-8-16-27-15-7-3-4-11-20(27)28)24-14-12-19-25-17-9-5-6-10-18(17)26-19/h5-6,9-10H,2-4,7-8,11-16H2,1H3,(H,25,26)(H2,22,23,24). The van der Waals surface area contributed by atoms with Crippen molar-refractivity contribution in [3.8, 4) is 0 Å². The second-order valence-electron chi connectivity index (χ2n) is 7.18. The van der Waals surface area contributed by atoms with Gasteiger partial charge in [-0.3, -0.25) is 9.79 Å². The van der Waals surface area contributed by atoms with Crippen molar-refractivity contribution in [2.24, 2.45) is 4.99 Å². The normalized spacial score (nSPS) is 15.7. The number of benzene rings is 1. The van der Waals surface area contributed by atoms with Gasteiger partial charge in [0.15, 0.2) is 5.96 Å². The van der Waals surface area contributed by atoms with Crippen LogP contribution in [0.15, 0.2) is 29.3 Å². The van der Waals surface area contributed by atoms with E-state index in [-0.39, 0.29) is 0 Å². The number of aliphatic imine (C=N–C) groups is 1. The summed E-state index contributed by atoms with van der Waals surface area (Å²) in [6.07, 6.45) is 5.73. The third-order valence-electron chi connectivity index (χ3n) is 4.96. The van der Waals surface area contributed by atoms with Crippen molar-refractivity contribution in [2.45, 2.75) is 45.4 Å². The van der Waals surface area contributed by atoms with Crippen molar-refractivity contribution >= 4 is 22.9 Å². The summed E-state index contributed by atoms with van der Waals surface area (Å²) in [6, 6.07) is 8.07. The summed E-state index contributed by atoms with van der Waals surface area (Å²) in [5.74, 6) is 2.10. The predicted molar refractivity (Wildman–Crippen MR) is 113 cm³/mol. The first-order valence-electron chi connectivity index (χ1n) is 10.5. The summed E-state index contributed by atoms with van der Waals surface area (Å²) in [4.78, 5) is 26.6. The number of hydrogen-bond acceptors (Lipinski definition) is 3. The quantitative estimate of drug-likeness (QED) is 0.371.